The molecule has 9 nitrogen and oxygen atoms in total. The van der Waals surface area contributed by atoms with E-state index in [1.807, 2.05) is 52.1 Å². The highest BCUT2D eigenvalue weighted by Crippen LogP contribution is 2.30. The molecule has 0 spiro atoms. The summed E-state index contributed by atoms with van der Waals surface area (Å²) >= 11 is 0. The number of aromatic nitrogens is 2. The second kappa shape index (κ2) is 11.1. The normalized spacial score (nSPS) is 11.3. The Labute approximate surface area is 206 Å². The molecule has 0 aliphatic rings. The van der Waals surface area contributed by atoms with Crippen molar-refractivity contribution in [3.63, 3.8) is 0 Å². The lowest BCUT2D eigenvalue weighted by Gasteiger charge is -2.27. The third-order valence-corrected chi connectivity index (χ3v) is 4.94. The smallest absolute Gasteiger partial charge is 0.420 e. The van der Waals surface area contributed by atoms with Crippen molar-refractivity contribution in [3.05, 3.63) is 65.9 Å². The van der Waals surface area contributed by atoms with Crippen molar-refractivity contribution in [2.24, 2.45) is 0 Å². The van der Waals surface area contributed by atoms with E-state index in [-0.39, 0.29) is 5.95 Å². The van der Waals surface area contributed by atoms with Crippen molar-refractivity contribution < 1.29 is 19.0 Å². The first-order valence-corrected chi connectivity index (χ1v) is 11.2. The van der Waals surface area contributed by atoms with Crippen LogP contribution in [-0.2, 0) is 17.8 Å². The fraction of sp³-hybridized carbons (Fsp3) is 0.346. The first-order valence-electron chi connectivity index (χ1n) is 11.2. The molecule has 0 bridgehead atoms. The SMILES string of the molecule is COc1ccc(CN(C)Cc2cc(N(C(=O)OC(C)(C)C)c3cccc(OC)c3)nc(N)n2)cc1. The van der Waals surface area contributed by atoms with E-state index in [2.05, 4.69) is 14.9 Å². The Bertz CT molecular complexity index is 1150. The molecule has 0 aliphatic heterocycles. The number of amides is 1. The second-order valence-corrected chi connectivity index (χ2v) is 9.11. The summed E-state index contributed by atoms with van der Waals surface area (Å²) in [5, 5.41) is 0. The minimum absolute atomic E-state index is 0.0619. The van der Waals surface area contributed by atoms with Gasteiger partial charge in [-0.05, 0) is 57.6 Å². The van der Waals surface area contributed by atoms with Gasteiger partial charge in [0.1, 0.15) is 22.9 Å². The molecule has 1 amide bonds. The molecule has 2 N–H and O–H groups in total. The number of rotatable bonds is 8. The number of hydrogen-bond donors (Lipinski definition) is 1. The van der Waals surface area contributed by atoms with E-state index < -0.39 is 11.7 Å². The summed E-state index contributed by atoms with van der Waals surface area (Å²) in [6.07, 6.45) is -0.582. The molecule has 0 saturated heterocycles. The van der Waals surface area contributed by atoms with Crippen molar-refractivity contribution in [1.82, 2.24) is 14.9 Å². The van der Waals surface area contributed by atoms with E-state index in [0.29, 0.717) is 36.0 Å². The van der Waals surface area contributed by atoms with Crippen LogP contribution in [0.1, 0.15) is 32.0 Å². The van der Waals surface area contributed by atoms with Crippen molar-refractivity contribution >= 4 is 23.5 Å². The lowest BCUT2D eigenvalue weighted by atomic mass is 10.2. The van der Waals surface area contributed by atoms with Gasteiger partial charge >= 0.3 is 6.09 Å². The van der Waals surface area contributed by atoms with Gasteiger partial charge in [-0.15, -0.1) is 0 Å². The van der Waals surface area contributed by atoms with E-state index in [1.165, 1.54) is 4.90 Å². The van der Waals surface area contributed by atoms with Crippen LogP contribution in [0.3, 0.4) is 0 Å². The van der Waals surface area contributed by atoms with Crippen LogP contribution in [0.15, 0.2) is 54.6 Å². The zero-order chi connectivity index (χ0) is 25.6. The topological polar surface area (TPSA) is 103 Å². The Morgan fingerprint density at radius 3 is 2.26 bits per heavy atom. The molecule has 0 saturated carbocycles. The van der Waals surface area contributed by atoms with Gasteiger partial charge in [0.15, 0.2) is 0 Å². The zero-order valence-electron chi connectivity index (χ0n) is 21.1. The average Bonchev–Trinajstić information content (AvgIpc) is 2.78. The Morgan fingerprint density at radius 2 is 1.63 bits per heavy atom. The Morgan fingerprint density at radius 1 is 0.943 bits per heavy atom. The number of ether oxygens (including phenoxy) is 3. The van der Waals surface area contributed by atoms with Crippen LogP contribution in [-0.4, -0.2) is 47.8 Å². The fourth-order valence-corrected chi connectivity index (χ4v) is 3.46. The maximum atomic E-state index is 13.2. The molecule has 35 heavy (non-hydrogen) atoms. The summed E-state index contributed by atoms with van der Waals surface area (Å²) in [7, 11) is 5.19. The van der Waals surface area contributed by atoms with Gasteiger partial charge in [-0.2, -0.15) is 4.98 Å². The maximum absolute atomic E-state index is 13.2. The highest BCUT2D eigenvalue weighted by atomic mass is 16.6. The molecule has 3 aromatic rings. The van der Waals surface area contributed by atoms with E-state index >= 15 is 0 Å². The molecule has 0 unspecified atom stereocenters. The summed E-state index contributed by atoms with van der Waals surface area (Å²) in [4.78, 5) is 25.4. The molecule has 0 fully saturated rings. The van der Waals surface area contributed by atoms with Gasteiger partial charge < -0.3 is 19.9 Å². The van der Waals surface area contributed by atoms with Gasteiger partial charge in [-0.1, -0.05) is 18.2 Å². The Kier molecular flexibility index (Phi) is 8.14. The van der Waals surface area contributed by atoms with E-state index in [9.17, 15) is 4.79 Å². The van der Waals surface area contributed by atoms with Gasteiger partial charge in [0.25, 0.3) is 0 Å². The summed E-state index contributed by atoms with van der Waals surface area (Å²) < 4.78 is 16.2. The maximum Gasteiger partial charge on any atom is 0.420 e. The fourth-order valence-electron chi connectivity index (χ4n) is 3.46. The number of hydrogen-bond acceptors (Lipinski definition) is 8. The molecule has 2 aromatic carbocycles. The number of carbonyl (C=O) groups excluding carboxylic acids is 1. The number of nitrogens with two attached hydrogens (primary N) is 1. The summed E-state index contributed by atoms with van der Waals surface area (Å²) in [6.45, 7) is 6.61. The summed E-state index contributed by atoms with van der Waals surface area (Å²) in [6, 6.07) is 16.7. The molecule has 9 heteroatoms. The van der Waals surface area contributed by atoms with Crippen molar-refractivity contribution in [3.8, 4) is 11.5 Å². The van der Waals surface area contributed by atoms with Crippen LogP contribution < -0.4 is 20.1 Å². The third kappa shape index (κ3) is 7.31. The van der Waals surface area contributed by atoms with E-state index in [1.54, 1.807) is 44.6 Å². The number of benzene rings is 2. The van der Waals surface area contributed by atoms with Crippen molar-refractivity contribution in [2.75, 3.05) is 31.9 Å². The number of nitrogens with zero attached hydrogens (tertiary/aromatic N) is 4. The van der Waals surface area contributed by atoms with E-state index in [0.717, 1.165) is 11.3 Å². The van der Waals surface area contributed by atoms with Crippen LogP contribution in [0.5, 0.6) is 11.5 Å². The highest BCUT2D eigenvalue weighted by molar-refractivity contribution is 5.95. The van der Waals surface area contributed by atoms with Gasteiger partial charge in [-0.3, -0.25) is 4.90 Å². The third-order valence-electron chi connectivity index (χ3n) is 4.94. The zero-order valence-corrected chi connectivity index (χ0v) is 21.1. The molecular weight excluding hydrogens is 446 g/mol. The quantitative estimate of drug-likeness (QED) is 0.492. The van der Waals surface area contributed by atoms with Gasteiger partial charge in [0.2, 0.25) is 5.95 Å². The second-order valence-electron chi connectivity index (χ2n) is 9.11. The summed E-state index contributed by atoms with van der Waals surface area (Å²) in [5.41, 5.74) is 7.69. The van der Waals surface area contributed by atoms with Crippen LogP contribution in [0.2, 0.25) is 0 Å². The predicted octanol–water partition coefficient (Wildman–Crippen LogP) is 4.78. The number of carbonyl (C=O) groups is 1. The van der Waals surface area contributed by atoms with Gasteiger partial charge in [0.05, 0.1) is 25.6 Å². The molecular formula is C26H33N5O4. The van der Waals surface area contributed by atoms with Crippen LogP contribution in [0.25, 0.3) is 0 Å². The van der Waals surface area contributed by atoms with Crippen LogP contribution in [0.4, 0.5) is 22.2 Å². The minimum atomic E-state index is -0.700. The van der Waals surface area contributed by atoms with Gasteiger partial charge in [0, 0.05) is 25.2 Å². The molecule has 1 heterocycles. The lowest BCUT2D eigenvalue weighted by molar-refractivity contribution is 0.0598. The molecule has 0 radical (unpaired) electrons. The molecule has 1 aromatic heterocycles. The lowest BCUT2D eigenvalue weighted by Crippen LogP contribution is -2.34. The highest BCUT2D eigenvalue weighted by Gasteiger charge is 2.27. The molecule has 0 aliphatic carbocycles. The molecule has 186 valence electrons. The van der Waals surface area contributed by atoms with Crippen molar-refractivity contribution in [1.29, 1.82) is 0 Å². The predicted molar refractivity (Wildman–Crippen MR) is 136 cm³/mol. The number of anilines is 3. The molecule has 0 atom stereocenters. The van der Waals surface area contributed by atoms with Gasteiger partial charge in [-0.25, -0.2) is 14.7 Å². The van der Waals surface area contributed by atoms with Crippen LogP contribution in [0, 0.1) is 0 Å². The monoisotopic (exact) mass is 479 g/mol. The first kappa shape index (κ1) is 25.8. The first-order chi connectivity index (χ1) is 16.6. The Balaban J connectivity index is 1.90. The molecule has 3 rings (SSSR count). The largest absolute Gasteiger partial charge is 0.497 e. The van der Waals surface area contributed by atoms with Crippen LogP contribution >= 0.6 is 0 Å². The number of methoxy groups -OCH3 is 2. The average molecular weight is 480 g/mol. The number of nitrogen functional groups attached to an aromatic ring is 1. The Hall–Kier alpha value is -3.85. The minimum Gasteiger partial charge on any atom is -0.497 e. The van der Waals surface area contributed by atoms with E-state index in [4.69, 9.17) is 19.9 Å². The summed E-state index contributed by atoms with van der Waals surface area (Å²) in [5.74, 6) is 1.78. The van der Waals surface area contributed by atoms with Crippen molar-refractivity contribution in [2.45, 2.75) is 39.5 Å². The standard InChI is InChI=1S/C26H33N5O4/c1-26(2,3)35-25(32)31(20-8-7-9-22(15-20)34-6)23-14-19(28-24(27)29-23)17-30(4)16-18-10-12-21(33-5)13-11-18/h7-15H,16-17H2,1-6H3,(H2,27,28,29).